The molecule has 0 amide bonds. The number of fused-ring (bicyclic) bond motifs is 6. The van der Waals surface area contributed by atoms with E-state index in [9.17, 15) is 10.5 Å². The predicted octanol–water partition coefficient (Wildman–Crippen LogP) is 11.0. The average molecular weight is 611 g/mol. The molecule has 0 saturated heterocycles. The summed E-state index contributed by atoms with van der Waals surface area (Å²) in [6, 6.07) is 59.1. The highest BCUT2D eigenvalue weighted by Gasteiger charge is 2.21. The first-order valence-electron chi connectivity index (χ1n) is 15.9. The lowest BCUT2D eigenvalue weighted by Gasteiger charge is -2.14. The molecule has 0 N–H and O–H groups in total. The minimum atomic E-state index is 0.484. The number of nitrogens with zero attached hydrogens (tertiary/aromatic N) is 4. The van der Waals surface area contributed by atoms with E-state index in [1.165, 1.54) is 10.8 Å². The molecule has 2 heterocycles. The predicted molar refractivity (Wildman–Crippen MR) is 195 cm³/mol. The largest absolute Gasteiger partial charge is 0.309 e. The number of hydrogen-bond donors (Lipinski definition) is 0. The molecule has 48 heavy (non-hydrogen) atoms. The van der Waals surface area contributed by atoms with Crippen molar-refractivity contribution in [1.82, 2.24) is 9.13 Å². The van der Waals surface area contributed by atoms with Crippen molar-refractivity contribution in [2.45, 2.75) is 0 Å². The Morgan fingerprint density at radius 2 is 0.979 bits per heavy atom. The molecule has 0 radical (unpaired) electrons. The number of rotatable bonds is 4. The molecule has 9 aromatic rings. The van der Waals surface area contributed by atoms with Crippen molar-refractivity contribution in [2.75, 3.05) is 0 Å². The van der Waals surface area contributed by atoms with Gasteiger partial charge >= 0.3 is 0 Å². The number of nitriles is 2. The first kappa shape index (κ1) is 27.4. The van der Waals surface area contributed by atoms with E-state index in [0.717, 1.165) is 60.9 Å². The Hall–Kier alpha value is -6.88. The fourth-order valence-electron chi connectivity index (χ4n) is 7.33. The van der Waals surface area contributed by atoms with Gasteiger partial charge in [0.2, 0.25) is 0 Å². The van der Waals surface area contributed by atoms with Crippen LogP contribution in [0.5, 0.6) is 0 Å². The Kier molecular flexibility index (Phi) is 6.22. The van der Waals surface area contributed by atoms with Crippen molar-refractivity contribution < 1.29 is 0 Å². The van der Waals surface area contributed by atoms with E-state index in [0.29, 0.717) is 16.7 Å². The molecule has 0 bridgehead atoms. The Morgan fingerprint density at radius 1 is 0.396 bits per heavy atom. The Morgan fingerprint density at radius 3 is 1.73 bits per heavy atom. The zero-order valence-electron chi connectivity index (χ0n) is 25.8. The normalized spacial score (nSPS) is 11.3. The van der Waals surface area contributed by atoms with Crippen molar-refractivity contribution in [2.24, 2.45) is 0 Å². The second-order valence-corrected chi connectivity index (χ2v) is 12.0. The molecule has 2 aromatic heterocycles. The summed E-state index contributed by atoms with van der Waals surface area (Å²) in [6.07, 6.45) is 0. The standard InChI is InChI=1S/C44H26N4/c45-27-31-14-11-15-32(28-46)44(31)30-22-23-41-36(24-30)38-26-42-37(35-19-8-10-21-40(35)47(42)33-16-5-2-6-17-33)25-43(38)48(41)39-20-9-7-18-34(39)29-12-3-1-4-13-29/h1-26H. The van der Waals surface area contributed by atoms with Gasteiger partial charge in [0, 0.05) is 38.4 Å². The van der Waals surface area contributed by atoms with Crippen molar-refractivity contribution in [3.8, 4) is 45.8 Å². The number of aromatic nitrogens is 2. The lowest BCUT2D eigenvalue weighted by molar-refractivity contribution is 1.17. The van der Waals surface area contributed by atoms with Crippen LogP contribution in [0.3, 0.4) is 0 Å². The van der Waals surface area contributed by atoms with E-state index >= 15 is 0 Å². The highest BCUT2D eigenvalue weighted by molar-refractivity contribution is 6.19. The molecule has 4 heteroatoms. The second-order valence-electron chi connectivity index (χ2n) is 12.0. The fraction of sp³-hybridized carbons (Fsp3) is 0. The fourth-order valence-corrected chi connectivity index (χ4v) is 7.33. The van der Waals surface area contributed by atoms with Crippen molar-refractivity contribution in [1.29, 1.82) is 10.5 Å². The quantitative estimate of drug-likeness (QED) is 0.199. The SMILES string of the molecule is N#Cc1cccc(C#N)c1-c1ccc2c(c1)c1cc3c(cc1n2-c1ccccc1-c1ccccc1)c1ccccc1n3-c1ccccc1. The number of hydrogen-bond acceptors (Lipinski definition) is 2. The van der Waals surface area contributed by atoms with Gasteiger partial charge in [-0.3, -0.25) is 0 Å². The summed E-state index contributed by atoms with van der Waals surface area (Å²) in [5.74, 6) is 0. The third-order valence-corrected chi connectivity index (χ3v) is 9.40. The summed E-state index contributed by atoms with van der Waals surface area (Å²) >= 11 is 0. The summed E-state index contributed by atoms with van der Waals surface area (Å²) in [6.45, 7) is 0. The Balaban J connectivity index is 1.45. The molecule has 222 valence electrons. The third kappa shape index (κ3) is 4.07. The van der Waals surface area contributed by atoms with E-state index in [1.807, 2.05) is 18.2 Å². The van der Waals surface area contributed by atoms with Crippen molar-refractivity contribution in [3.05, 3.63) is 169 Å². The van der Waals surface area contributed by atoms with Crippen molar-refractivity contribution in [3.63, 3.8) is 0 Å². The summed E-state index contributed by atoms with van der Waals surface area (Å²) < 4.78 is 4.71. The van der Waals surface area contributed by atoms with Crippen LogP contribution in [0, 0.1) is 22.7 Å². The zero-order chi connectivity index (χ0) is 32.2. The molecule has 0 atom stereocenters. The number of para-hydroxylation sites is 3. The summed E-state index contributed by atoms with van der Waals surface area (Å²) in [5, 5.41) is 24.6. The molecule has 9 rings (SSSR count). The first-order valence-corrected chi connectivity index (χ1v) is 15.9. The maximum Gasteiger partial charge on any atom is 0.0998 e. The van der Waals surface area contributed by atoms with Crippen LogP contribution >= 0.6 is 0 Å². The van der Waals surface area contributed by atoms with Crippen LogP contribution in [0.15, 0.2) is 158 Å². The molecular formula is C44H26N4. The molecule has 0 fully saturated rings. The van der Waals surface area contributed by atoms with Crippen LogP contribution < -0.4 is 0 Å². The first-order chi connectivity index (χ1) is 23.7. The maximum absolute atomic E-state index is 10.0. The molecule has 4 nitrogen and oxygen atoms in total. The molecule has 0 aliphatic rings. The molecule has 0 unspecified atom stereocenters. The molecular weight excluding hydrogens is 585 g/mol. The average Bonchev–Trinajstić information content (AvgIpc) is 3.65. The minimum absolute atomic E-state index is 0.484. The summed E-state index contributed by atoms with van der Waals surface area (Å²) in [5.41, 5.74) is 11.3. The van der Waals surface area contributed by atoms with E-state index in [4.69, 9.17) is 0 Å². The van der Waals surface area contributed by atoms with Crippen LogP contribution in [0.25, 0.3) is 77.2 Å². The molecule has 0 spiro atoms. The zero-order valence-corrected chi connectivity index (χ0v) is 25.8. The molecule has 0 aliphatic carbocycles. The summed E-state index contributed by atoms with van der Waals surface area (Å²) in [4.78, 5) is 0. The van der Waals surface area contributed by atoms with Crippen LogP contribution in [-0.4, -0.2) is 9.13 Å². The van der Waals surface area contributed by atoms with Crippen LogP contribution in [0.1, 0.15) is 11.1 Å². The van der Waals surface area contributed by atoms with Crippen LogP contribution in [0.2, 0.25) is 0 Å². The van der Waals surface area contributed by atoms with Gasteiger partial charge in [-0.05, 0) is 71.8 Å². The molecule has 7 aromatic carbocycles. The summed E-state index contributed by atoms with van der Waals surface area (Å²) in [7, 11) is 0. The topological polar surface area (TPSA) is 57.4 Å². The third-order valence-electron chi connectivity index (χ3n) is 9.40. The maximum atomic E-state index is 10.0. The molecule has 0 saturated carbocycles. The highest BCUT2D eigenvalue weighted by Crippen LogP contribution is 2.42. The van der Waals surface area contributed by atoms with Gasteiger partial charge in [-0.2, -0.15) is 10.5 Å². The van der Waals surface area contributed by atoms with E-state index in [1.54, 1.807) is 18.2 Å². The highest BCUT2D eigenvalue weighted by atomic mass is 15.0. The van der Waals surface area contributed by atoms with Gasteiger partial charge in [-0.1, -0.05) is 97.1 Å². The molecule has 0 aliphatic heterocycles. The lowest BCUT2D eigenvalue weighted by Crippen LogP contribution is -1.97. The van der Waals surface area contributed by atoms with Crippen LogP contribution in [-0.2, 0) is 0 Å². The second kappa shape index (κ2) is 10.9. The minimum Gasteiger partial charge on any atom is -0.309 e. The van der Waals surface area contributed by atoms with Gasteiger partial charge in [0.15, 0.2) is 0 Å². The van der Waals surface area contributed by atoms with Crippen LogP contribution in [0.4, 0.5) is 0 Å². The van der Waals surface area contributed by atoms with Gasteiger partial charge in [0.05, 0.1) is 51.0 Å². The van der Waals surface area contributed by atoms with Gasteiger partial charge < -0.3 is 9.13 Å². The Bertz CT molecular complexity index is 2760. The lowest BCUT2D eigenvalue weighted by atomic mass is 9.94. The van der Waals surface area contributed by atoms with Gasteiger partial charge in [0.1, 0.15) is 0 Å². The smallest absolute Gasteiger partial charge is 0.0998 e. The number of benzene rings is 7. The van der Waals surface area contributed by atoms with Gasteiger partial charge in [-0.15, -0.1) is 0 Å². The van der Waals surface area contributed by atoms with Crippen molar-refractivity contribution >= 4 is 43.6 Å². The monoisotopic (exact) mass is 610 g/mol. The van der Waals surface area contributed by atoms with E-state index in [-0.39, 0.29) is 0 Å². The van der Waals surface area contributed by atoms with Gasteiger partial charge in [0.25, 0.3) is 0 Å². The van der Waals surface area contributed by atoms with Gasteiger partial charge in [-0.25, -0.2) is 0 Å². The van der Waals surface area contributed by atoms with E-state index in [2.05, 4.69) is 143 Å². The Labute approximate surface area is 277 Å². The van der Waals surface area contributed by atoms with E-state index < -0.39 is 0 Å².